The van der Waals surface area contributed by atoms with Crippen molar-refractivity contribution in [3.8, 4) is 17.1 Å². The molecule has 0 saturated heterocycles. The molecule has 3 rings (SSSR count). The van der Waals surface area contributed by atoms with Gasteiger partial charge in [0.05, 0.1) is 12.8 Å². The highest BCUT2D eigenvalue weighted by molar-refractivity contribution is 5.66. The highest BCUT2D eigenvalue weighted by Gasteiger charge is 2.19. The zero-order chi connectivity index (χ0) is 12.4. The summed E-state index contributed by atoms with van der Waals surface area (Å²) in [5.74, 6) is 0.740. The number of aromatic nitrogens is 3. The van der Waals surface area contributed by atoms with E-state index in [0.717, 1.165) is 47.9 Å². The molecule has 0 aliphatic carbocycles. The standard InChI is InChI=1S/C13H14N4O/c1-18-11-3-2-5-15-13(11)12-9-7-14-6-4-10(9)16-8-17-12/h2-3,5,8,14H,4,6-7H2,1H3. The average Bonchev–Trinajstić information content (AvgIpc) is 2.46. The fourth-order valence-corrected chi connectivity index (χ4v) is 2.21. The SMILES string of the molecule is COc1cccnc1-c1ncnc2c1CNCC2. The molecule has 0 aromatic carbocycles. The molecule has 92 valence electrons. The van der Waals surface area contributed by atoms with Crippen LogP contribution < -0.4 is 10.1 Å². The average molecular weight is 242 g/mol. The minimum atomic E-state index is 0.740. The molecule has 2 aromatic heterocycles. The van der Waals surface area contributed by atoms with Gasteiger partial charge in [0.1, 0.15) is 23.5 Å². The molecule has 0 unspecified atom stereocenters. The van der Waals surface area contributed by atoms with Gasteiger partial charge in [0.25, 0.3) is 0 Å². The molecule has 5 heteroatoms. The van der Waals surface area contributed by atoms with E-state index in [1.54, 1.807) is 19.6 Å². The lowest BCUT2D eigenvalue weighted by Crippen LogP contribution is -2.25. The normalized spacial score (nSPS) is 14.1. The maximum absolute atomic E-state index is 5.35. The number of hydrogen-bond acceptors (Lipinski definition) is 5. The van der Waals surface area contributed by atoms with Gasteiger partial charge in [-0.2, -0.15) is 0 Å². The van der Waals surface area contributed by atoms with Crippen molar-refractivity contribution in [3.05, 3.63) is 35.9 Å². The van der Waals surface area contributed by atoms with Crippen LogP contribution in [-0.2, 0) is 13.0 Å². The Kier molecular flexibility index (Phi) is 2.90. The molecule has 1 aliphatic rings. The quantitative estimate of drug-likeness (QED) is 0.857. The molecule has 2 aromatic rings. The first kappa shape index (κ1) is 11.1. The first-order valence-corrected chi connectivity index (χ1v) is 5.93. The third-order valence-electron chi connectivity index (χ3n) is 3.09. The monoisotopic (exact) mass is 242 g/mol. The Morgan fingerprint density at radius 2 is 2.17 bits per heavy atom. The predicted molar refractivity (Wildman–Crippen MR) is 67.2 cm³/mol. The minimum absolute atomic E-state index is 0.740. The van der Waals surface area contributed by atoms with Gasteiger partial charge in [0, 0.05) is 31.3 Å². The van der Waals surface area contributed by atoms with Gasteiger partial charge in [-0.05, 0) is 12.1 Å². The molecule has 0 saturated carbocycles. The van der Waals surface area contributed by atoms with Gasteiger partial charge in [-0.15, -0.1) is 0 Å². The summed E-state index contributed by atoms with van der Waals surface area (Å²) < 4.78 is 5.35. The van der Waals surface area contributed by atoms with Crippen LogP contribution in [0.1, 0.15) is 11.3 Å². The van der Waals surface area contributed by atoms with Crippen molar-refractivity contribution in [1.82, 2.24) is 20.3 Å². The Balaban J connectivity index is 2.17. The van der Waals surface area contributed by atoms with Crippen LogP contribution in [0.2, 0.25) is 0 Å². The predicted octanol–water partition coefficient (Wildman–Crippen LogP) is 1.19. The van der Waals surface area contributed by atoms with Crippen LogP contribution in [0.25, 0.3) is 11.4 Å². The number of nitrogens with one attached hydrogen (secondary N) is 1. The lowest BCUT2D eigenvalue weighted by Gasteiger charge is -2.18. The molecule has 3 heterocycles. The van der Waals surface area contributed by atoms with E-state index in [2.05, 4.69) is 20.3 Å². The van der Waals surface area contributed by atoms with Crippen LogP contribution in [-0.4, -0.2) is 28.6 Å². The molecule has 0 atom stereocenters. The lowest BCUT2D eigenvalue weighted by molar-refractivity contribution is 0.414. The lowest BCUT2D eigenvalue weighted by atomic mass is 10.0. The number of fused-ring (bicyclic) bond motifs is 1. The molecule has 0 bridgehead atoms. The Morgan fingerprint density at radius 3 is 3.06 bits per heavy atom. The molecule has 5 nitrogen and oxygen atoms in total. The maximum atomic E-state index is 5.35. The summed E-state index contributed by atoms with van der Waals surface area (Å²) in [7, 11) is 1.65. The Morgan fingerprint density at radius 1 is 1.22 bits per heavy atom. The fourth-order valence-electron chi connectivity index (χ4n) is 2.21. The van der Waals surface area contributed by atoms with Crippen molar-refractivity contribution in [1.29, 1.82) is 0 Å². The second-order valence-corrected chi connectivity index (χ2v) is 4.13. The maximum Gasteiger partial charge on any atom is 0.146 e. The van der Waals surface area contributed by atoms with E-state index in [1.807, 2.05) is 12.1 Å². The van der Waals surface area contributed by atoms with Gasteiger partial charge in [-0.3, -0.25) is 4.98 Å². The van der Waals surface area contributed by atoms with Crippen molar-refractivity contribution in [2.24, 2.45) is 0 Å². The van der Waals surface area contributed by atoms with Gasteiger partial charge in [-0.1, -0.05) is 0 Å². The molecule has 0 radical (unpaired) electrons. The van der Waals surface area contributed by atoms with Gasteiger partial charge < -0.3 is 10.1 Å². The summed E-state index contributed by atoms with van der Waals surface area (Å²) in [6.07, 6.45) is 4.29. The van der Waals surface area contributed by atoms with Crippen LogP contribution in [0.5, 0.6) is 5.75 Å². The molecule has 18 heavy (non-hydrogen) atoms. The number of rotatable bonds is 2. The van der Waals surface area contributed by atoms with Crippen LogP contribution in [0.3, 0.4) is 0 Å². The van der Waals surface area contributed by atoms with Crippen LogP contribution in [0.15, 0.2) is 24.7 Å². The highest BCUT2D eigenvalue weighted by atomic mass is 16.5. The van der Waals surface area contributed by atoms with Crippen molar-refractivity contribution < 1.29 is 4.74 Å². The van der Waals surface area contributed by atoms with Gasteiger partial charge >= 0.3 is 0 Å². The summed E-state index contributed by atoms with van der Waals surface area (Å²) in [5, 5.41) is 3.34. The van der Waals surface area contributed by atoms with Crippen molar-refractivity contribution in [2.75, 3.05) is 13.7 Å². The summed E-state index contributed by atoms with van der Waals surface area (Å²) in [5.41, 5.74) is 3.87. The van der Waals surface area contributed by atoms with Crippen molar-refractivity contribution in [3.63, 3.8) is 0 Å². The Hall–Kier alpha value is -2.01. The first-order valence-electron chi connectivity index (χ1n) is 5.93. The van der Waals surface area contributed by atoms with E-state index < -0.39 is 0 Å². The van der Waals surface area contributed by atoms with Crippen molar-refractivity contribution in [2.45, 2.75) is 13.0 Å². The molecule has 0 spiro atoms. The molecule has 1 aliphatic heterocycles. The van der Waals surface area contributed by atoms with E-state index in [0.29, 0.717) is 0 Å². The summed E-state index contributed by atoms with van der Waals surface area (Å²) in [6, 6.07) is 3.75. The van der Waals surface area contributed by atoms with Crippen LogP contribution >= 0.6 is 0 Å². The van der Waals surface area contributed by atoms with Gasteiger partial charge in [0.2, 0.25) is 0 Å². The second kappa shape index (κ2) is 4.70. The van der Waals surface area contributed by atoms with E-state index in [4.69, 9.17) is 4.74 Å². The Bertz CT molecular complexity index is 571. The summed E-state index contributed by atoms with van der Waals surface area (Å²) in [4.78, 5) is 13.1. The molecule has 0 fully saturated rings. The van der Waals surface area contributed by atoms with E-state index >= 15 is 0 Å². The summed E-state index contributed by atoms with van der Waals surface area (Å²) in [6.45, 7) is 1.74. The molecular formula is C13H14N4O. The Labute approximate surface area is 105 Å². The molecule has 0 amide bonds. The smallest absolute Gasteiger partial charge is 0.146 e. The largest absolute Gasteiger partial charge is 0.494 e. The van der Waals surface area contributed by atoms with Crippen molar-refractivity contribution >= 4 is 0 Å². The van der Waals surface area contributed by atoms with Gasteiger partial charge in [0.15, 0.2) is 0 Å². The van der Waals surface area contributed by atoms with Crippen LogP contribution in [0.4, 0.5) is 0 Å². The van der Waals surface area contributed by atoms with Gasteiger partial charge in [-0.25, -0.2) is 9.97 Å². The third-order valence-corrected chi connectivity index (χ3v) is 3.09. The van der Waals surface area contributed by atoms with E-state index in [-0.39, 0.29) is 0 Å². The first-order chi connectivity index (χ1) is 8.90. The highest BCUT2D eigenvalue weighted by Crippen LogP contribution is 2.29. The number of nitrogens with zero attached hydrogens (tertiary/aromatic N) is 3. The number of hydrogen-bond donors (Lipinski definition) is 1. The van der Waals surface area contributed by atoms with Crippen LogP contribution in [0, 0.1) is 0 Å². The minimum Gasteiger partial charge on any atom is -0.494 e. The number of ether oxygens (including phenoxy) is 1. The number of pyridine rings is 1. The number of methoxy groups -OCH3 is 1. The fraction of sp³-hybridized carbons (Fsp3) is 0.308. The van der Waals surface area contributed by atoms with E-state index in [1.165, 1.54) is 0 Å². The topological polar surface area (TPSA) is 59.9 Å². The second-order valence-electron chi connectivity index (χ2n) is 4.13. The molecule has 1 N–H and O–H groups in total. The summed E-state index contributed by atoms with van der Waals surface area (Å²) >= 11 is 0. The third kappa shape index (κ3) is 1.82. The van der Waals surface area contributed by atoms with E-state index in [9.17, 15) is 0 Å². The zero-order valence-corrected chi connectivity index (χ0v) is 10.2. The molecular weight excluding hydrogens is 228 g/mol. The zero-order valence-electron chi connectivity index (χ0n) is 10.2.